The van der Waals surface area contributed by atoms with Crippen LogP contribution in [0.3, 0.4) is 0 Å². The number of methoxy groups -OCH3 is 1. The van der Waals surface area contributed by atoms with Crippen molar-refractivity contribution >= 4 is 5.69 Å². The van der Waals surface area contributed by atoms with Crippen molar-refractivity contribution in [2.24, 2.45) is 5.41 Å². The summed E-state index contributed by atoms with van der Waals surface area (Å²) in [6.07, 6.45) is 2.42. The summed E-state index contributed by atoms with van der Waals surface area (Å²) in [5.74, 6) is 0.589. The first kappa shape index (κ1) is 13.8. The minimum atomic E-state index is 0.0826. The minimum Gasteiger partial charge on any atom is -0.481 e. The molecule has 0 aliphatic heterocycles. The Bertz CT molecular complexity index is 348. The Morgan fingerprint density at radius 3 is 2.71 bits per heavy atom. The molecule has 17 heavy (non-hydrogen) atoms. The third-order valence-electron chi connectivity index (χ3n) is 2.75. The Morgan fingerprint density at radius 2 is 2.18 bits per heavy atom. The molecule has 1 heterocycles. The van der Waals surface area contributed by atoms with Gasteiger partial charge in [-0.25, -0.2) is 4.98 Å². The maximum absolute atomic E-state index is 9.10. The van der Waals surface area contributed by atoms with Crippen molar-refractivity contribution in [3.63, 3.8) is 0 Å². The second kappa shape index (κ2) is 5.87. The van der Waals surface area contributed by atoms with Crippen molar-refractivity contribution in [2.45, 2.75) is 33.2 Å². The first-order chi connectivity index (χ1) is 7.97. The molecule has 1 unspecified atom stereocenters. The number of rotatable bonds is 5. The van der Waals surface area contributed by atoms with Crippen LogP contribution in [0.1, 0.15) is 27.2 Å². The Labute approximate surface area is 103 Å². The fourth-order valence-corrected chi connectivity index (χ4v) is 1.66. The zero-order chi connectivity index (χ0) is 12.9. The van der Waals surface area contributed by atoms with Crippen LogP contribution in [0.25, 0.3) is 0 Å². The lowest BCUT2D eigenvalue weighted by Gasteiger charge is -2.32. The number of nitrogens with one attached hydrogen (secondary N) is 1. The van der Waals surface area contributed by atoms with E-state index in [1.165, 1.54) is 0 Å². The summed E-state index contributed by atoms with van der Waals surface area (Å²) in [7, 11) is 1.60. The Morgan fingerprint density at radius 1 is 1.47 bits per heavy atom. The van der Waals surface area contributed by atoms with Crippen LogP contribution in [0.4, 0.5) is 5.69 Å². The van der Waals surface area contributed by atoms with E-state index in [0.29, 0.717) is 12.3 Å². The van der Waals surface area contributed by atoms with E-state index in [1.807, 2.05) is 12.1 Å². The number of hydrogen-bond acceptors (Lipinski definition) is 4. The summed E-state index contributed by atoms with van der Waals surface area (Å²) < 4.78 is 5.08. The first-order valence-electron chi connectivity index (χ1n) is 5.85. The van der Waals surface area contributed by atoms with E-state index >= 15 is 0 Å². The van der Waals surface area contributed by atoms with Crippen molar-refractivity contribution in [2.75, 3.05) is 19.0 Å². The minimum absolute atomic E-state index is 0.0826. The van der Waals surface area contributed by atoms with E-state index in [4.69, 9.17) is 9.84 Å². The van der Waals surface area contributed by atoms with Gasteiger partial charge in [-0.1, -0.05) is 20.8 Å². The molecule has 0 radical (unpaired) electrons. The monoisotopic (exact) mass is 238 g/mol. The molecule has 1 aromatic heterocycles. The van der Waals surface area contributed by atoms with Crippen LogP contribution < -0.4 is 10.1 Å². The zero-order valence-electron chi connectivity index (χ0n) is 11.0. The predicted octanol–water partition coefficient (Wildman–Crippen LogP) is 2.30. The molecule has 0 bridgehead atoms. The van der Waals surface area contributed by atoms with E-state index < -0.39 is 0 Å². The number of aliphatic hydroxyl groups is 1. The molecule has 0 saturated heterocycles. The number of aromatic nitrogens is 1. The molecule has 4 nitrogen and oxygen atoms in total. The van der Waals surface area contributed by atoms with E-state index in [1.54, 1.807) is 13.3 Å². The highest BCUT2D eigenvalue weighted by Crippen LogP contribution is 2.26. The fourth-order valence-electron chi connectivity index (χ4n) is 1.66. The topological polar surface area (TPSA) is 54.4 Å². The zero-order valence-corrected chi connectivity index (χ0v) is 11.0. The number of anilines is 1. The summed E-state index contributed by atoms with van der Waals surface area (Å²) >= 11 is 0. The predicted molar refractivity (Wildman–Crippen MR) is 69.4 cm³/mol. The lowest BCUT2D eigenvalue weighted by Crippen LogP contribution is -2.34. The molecule has 1 rings (SSSR count). The van der Waals surface area contributed by atoms with Gasteiger partial charge in [-0.05, 0) is 17.9 Å². The molecule has 0 aliphatic carbocycles. The highest BCUT2D eigenvalue weighted by atomic mass is 16.5. The summed E-state index contributed by atoms with van der Waals surface area (Å²) in [4.78, 5) is 4.06. The van der Waals surface area contributed by atoms with Gasteiger partial charge in [0.1, 0.15) is 0 Å². The summed E-state index contributed by atoms with van der Waals surface area (Å²) in [6.45, 7) is 6.63. The van der Waals surface area contributed by atoms with Gasteiger partial charge in [-0.2, -0.15) is 0 Å². The second-order valence-corrected chi connectivity index (χ2v) is 5.16. The molecule has 0 saturated carbocycles. The molecule has 0 aliphatic rings. The first-order valence-corrected chi connectivity index (χ1v) is 5.85. The van der Waals surface area contributed by atoms with E-state index in [0.717, 1.165) is 5.69 Å². The number of hydrogen-bond donors (Lipinski definition) is 2. The third-order valence-corrected chi connectivity index (χ3v) is 2.75. The lowest BCUT2D eigenvalue weighted by atomic mass is 9.85. The molecule has 2 N–H and O–H groups in total. The Hall–Kier alpha value is -1.29. The average molecular weight is 238 g/mol. The van der Waals surface area contributed by atoms with Gasteiger partial charge >= 0.3 is 0 Å². The quantitative estimate of drug-likeness (QED) is 0.826. The van der Waals surface area contributed by atoms with Gasteiger partial charge in [0.05, 0.1) is 7.11 Å². The smallest absolute Gasteiger partial charge is 0.214 e. The standard InChI is InChI=1S/C13H22N2O2/c1-13(2,3)11(6-8-16)15-10-5-7-14-12(9-10)17-4/h5,7,9,11,16H,6,8H2,1-4H3,(H,14,15). The van der Waals surface area contributed by atoms with E-state index in [-0.39, 0.29) is 18.1 Å². The van der Waals surface area contributed by atoms with Crippen molar-refractivity contribution in [1.82, 2.24) is 4.98 Å². The van der Waals surface area contributed by atoms with Gasteiger partial charge in [0.25, 0.3) is 0 Å². The number of nitrogens with zero attached hydrogens (tertiary/aromatic N) is 1. The normalized spacial score (nSPS) is 13.2. The molecule has 0 spiro atoms. The fraction of sp³-hybridized carbons (Fsp3) is 0.615. The van der Waals surface area contributed by atoms with Crippen LogP contribution in [0, 0.1) is 5.41 Å². The summed E-state index contributed by atoms with van der Waals surface area (Å²) in [5.41, 5.74) is 1.05. The SMILES string of the molecule is COc1cc(NC(CCO)C(C)(C)C)ccn1. The van der Waals surface area contributed by atoms with Gasteiger partial charge in [-0.15, -0.1) is 0 Å². The van der Waals surface area contributed by atoms with Crippen molar-refractivity contribution < 1.29 is 9.84 Å². The van der Waals surface area contributed by atoms with Crippen LogP contribution in [-0.4, -0.2) is 29.8 Å². The van der Waals surface area contributed by atoms with Crippen LogP contribution >= 0.6 is 0 Å². The van der Waals surface area contributed by atoms with Gasteiger partial charge in [0.2, 0.25) is 5.88 Å². The highest BCUT2D eigenvalue weighted by molar-refractivity contribution is 5.46. The lowest BCUT2D eigenvalue weighted by molar-refractivity contribution is 0.235. The van der Waals surface area contributed by atoms with Crippen LogP contribution in [0.2, 0.25) is 0 Å². The number of ether oxygens (including phenoxy) is 1. The molecular formula is C13H22N2O2. The molecule has 0 amide bonds. The van der Waals surface area contributed by atoms with E-state index in [2.05, 4.69) is 31.1 Å². The van der Waals surface area contributed by atoms with Gasteiger partial charge in [0.15, 0.2) is 0 Å². The molecule has 0 fully saturated rings. The maximum atomic E-state index is 9.10. The number of pyridine rings is 1. The van der Waals surface area contributed by atoms with Crippen molar-refractivity contribution in [1.29, 1.82) is 0 Å². The van der Waals surface area contributed by atoms with E-state index in [9.17, 15) is 0 Å². The largest absolute Gasteiger partial charge is 0.481 e. The van der Waals surface area contributed by atoms with Gasteiger partial charge < -0.3 is 15.2 Å². The molecule has 1 aromatic rings. The highest BCUT2D eigenvalue weighted by Gasteiger charge is 2.23. The Kier molecular flexibility index (Phi) is 4.75. The maximum Gasteiger partial charge on any atom is 0.214 e. The molecular weight excluding hydrogens is 216 g/mol. The molecule has 96 valence electrons. The summed E-state index contributed by atoms with van der Waals surface area (Å²) in [5, 5.41) is 12.5. The second-order valence-electron chi connectivity index (χ2n) is 5.16. The Balaban J connectivity index is 2.78. The molecule has 1 atom stereocenters. The summed E-state index contributed by atoms with van der Waals surface area (Å²) in [6, 6.07) is 3.97. The van der Waals surface area contributed by atoms with Crippen LogP contribution in [0.15, 0.2) is 18.3 Å². The molecule has 4 heteroatoms. The number of aliphatic hydroxyl groups excluding tert-OH is 1. The molecule has 0 aromatic carbocycles. The van der Waals surface area contributed by atoms with Crippen LogP contribution in [0.5, 0.6) is 5.88 Å². The average Bonchev–Trinajstić information content (AvgIpc) is 2.27. The van der Waals surface area contributed by atoms with Gasteiger partial charge in [0, 0.05) is 30.6 Å². The van der Waals surface area contributed by atoms with Crippen molar-refractivity contribution in [3.8, 4) is 5.88 Å². The van der Waals surface area contributed by atoms with Crippen molar-refractivity contribution in [3.05, 3.63) is 18.3 Å². The third kappa shape index (κ3) is 4.23. The van der Waals surface area contributed by atoms with Crippen LogP contribution in [-0.2, 0) is 0 Å². The van der Waals surface area contributed by atoms with Gasteiger partial charge in [-0.3, -0.25) is 0 Å².